The van der Waals surface area contributed by atoms with Crippen LogP contribution in [0.3, 0.4) is 0 Å². The molecule has 0 spiro atoms. The van der Waals surface area contributed by atoms with Crippen molar-refractivity contribution in [1.29, 1.82) is 0 Å². The molecule has 106 valence electrons. The van der Waals surface area contributed by atoms with Crippen molar-refractivity contribution in [3.8, 4) is 11.1 Å². The Hall–Kier alpha value is -1.09. The highest BCUT2D eigenvalue weighted by molar-refractivity contribution is 6.36. The first-order valence-corrected chi connectivity index (χ1v) is 7.20. The van der Waals surface area contributed by atoms with E-state index in [1.165, 1.54) is 12.1 Å². The molecule has 0 aromatic heterocycles. The number of rotatable bonds is 4. The Morgan fingerprint density at radius 1 is 1.05 bits per heavy atom. The van der Waals surface area contributed by atoms with Crippen molar-refractivity contribution in [3.05, 3.63) is 57.8 Å². The smallest absolute Gasteiger partial charge is 0.123 e. The molecule has 2 aromatic rings. The lowest BCUT2D eigenvalue weighted by atomic mass is 9.99. The van der Waals surface area contributed by atoms with Crippen LogP contribution in [0, 0.1) is 5.82 Å². The van der Waals surface area contributed by atoms with Gasteiger partial charge in [0, 0.05) is 28.2 Å². The van der Waals surface area contributed by atoms with Gasteiger partial charge in [-0.3, -0.25) is 0 Å². The SMILES string of the molecule is CC(C)NCc1cc(F)ccc1-c1ccc(Cl)cc1Cl. The molecule has 0 radical (unpaired) electrons. The molecule has 0 saturated carbocycles. The van der Waals surface area contributed by atoms with E-state index in [4.69, 9.17) is 23.2 Å². The van der Waals surface area contributed by atoms with Crippen LogP contribution in [0.2, 0.25) is 10.0 Å². The zero-order chi connectivity index (χ0) is 14.7. The van der Waals surface area contributed by atoms with Gasteiger partial charge in [-0.25, -0.2) is 4.39 Å². The van der Waals surface area contributed by atoms with Crippen LogP contribution < -0.4 is 5.32 Å². The Morgan fingerprint density at radius 2 is 1.75 bits per heavy atom. The van der Waals surface area contributed by atoms with Gasteiger partial charge in [0.15, 0.2) is 0 Å². The second-order valence-corrected chi connectivity index (χ2v) is 5.80. The third-order valence-corrected chi connectivity index (χ3v) is 3.54. The van der Waals surface area contributed by atoms with Gasteiger partial charge in [-0.2, -0.15) is 0 Å². The van der Waals surface area contributed by atoms with E-state index < -0.39 is 0 Å². The van der Waals surface area contributed by atoms with Crippen LogP contribution in [0.5, 0.6) is 0 Å². The predicted molar refractivity (Wildman–Crippen MR) is 83.8 cm³/mol. The molecule has 4 heteroatoms. The minimum atomic E-state index is -0.251. The molecule has 1 nitrogen and oxygen atoms in total. The molecule has 0 fully saturated rings. The minimum absolute atomic E-state index is 0.251. The topological polar surface area (TPSA) is 12.0 Å². The summed E-state index contributed by atoms with van der Waals surface area (Å²) in [5, 5.41) is 4.44. The molecule has 0 bridgehead atoms. The van der Waals surface area contributed by atoms with Crippen LogP contribution in [-0.2, 0) is 6.54 Å². The largest absolute Gasteiger partial charge is 0.310 e. The summed E-state index contributed by atoms with van der Waals surface area (Å²) in [4.78, 5) is 0. The quantitative estimate of drug-likeness (QED) is 0.808. The Balaban J connectivity index is 2.44. The average molecular weight is 312 g/mol. The number of halogens is 3. The van der Waals surface area contributed by atoms with E-state index in [-0.39, 0.29) is 5.82 Å². The second kappa shape index (κ2) is 6.57. The van der Waals surface area contributed by atoms with Crippen LogP contribution in [-0.4, -0.2) is 6.04 Å². The van der Waals surface area contributed by atoms with Gasteiger partial charge in [-0.1, -0.05) is 49.2 Å². The van der Waals surface area contributed by atoms with Gasteiger partial charge in [0.2, 0.25) is 0 Å². The van der Waals surface area contributed by atoms with E-state index in [1.54, 1.807) is 18.2 Å². The van der Waals surface area contributed by atoms with Crippen molar-refractivity contribution in [2.24, 2.45) is 0 Å². The first-order chi connectivity index (χ1) is 9.47. The monoisotopic (exact) mass is 311 g/mol. The standard InChI is InChI=1S/C16H16Cl2FN/c1-10(2)20-9-11-7-13(19)4-6-14(11)15-5-3-12(17)8-16(15)18/h3-8,10,20H,9H2,1-2H3. The van der Waals surface area contributed by atoms with Crippen molar-refractivity contribution in [2.45, 2.75) is 26.4 Å². The third-order valence-electron chi connectivity index (χ3n) is 2.99. The van der Waals surface area contributed by atoms with E-state index in [1.807, 2.05) is 19.9 Å². The summed E-state index contributed by atoms with van der Waals surface area (Å²) in [6.07, 6.45) is 0. The maximum atomic E-state index is 13.5. The molecule has 0 aliphatic rings. The summed E-state index contributed by atoms with van der Waals surface area (Å²) in [6, 6.07) is 10.4. The van der Waals surface area contributed by atoms with Crippen LogP contribution in [0.4, 0.5) is 4.39 Å². The second-order valence-electron chi connectivity index (χ2n) is 4.96. The zero-order valence-electron chi connectivity index (χ0n) is 11.4. The lowest BCUT2D eigenvalue weighted by molar-refractivity contribution is 0.582. The summed E-state index contributed by atoms with van der Waals surface area (Å²) in [5.74, 6) is -0.251. The van der Waals surface area contributed by atoms with Crippen molar-refractivity contribution in [2.75, 3.05) is 0 Å². The van der Waals surface area contributed by atoms with Gasteiger partial charge in [0.25, 0.3) is 0 Å². The number of benzene rings is 2. The van der Waals surface area contributed by atoms with E-state index >= 15 is 0 Å². The summed E-state index contributed by atoms with van der Waals surface area (Å²) in [6.45, 7) is 4.69. The van der Waals surface area contributed by atoms with Crippen LogP contribution in [0.1, 0.15) is 19.4 Å². The Labute approximate surface area is 128 Å². The van der Waals surface area contributed by atoms with Crippen LogP contribution in [0.15, 0.2) is 36.4 Å². The summed E-state index contributed by atoms with van der Waals surface area (Å²) in [7, 11) is 0. The van der Waals surface area contributed by atoms with Gasteiger partial charge in [0.1, 0.15) is 5.82 Å². The van der Waals surface area contributed by atoms with Gasteiger partial charge in [-0.05, 0) is 35.4 Å². The Bertz CT molecular complexity index is 611. The van der Waals surface area contributed by atoms with E-state index in [9.17, 15) is 4.39 Å². The third kappa shape index (κ3) is 3.72. The molecular formula is C16H16Cl2FN. The molecule has 0 aliphatic heterocycles. The van der Waals surface area contributed by atoms with Gasteiger partial charge >= 0.3 is 0 Å². The number of hydrogen-bond donors (Lipinski definition) is 1. The van der Waals surface area contributed by atoms with E-state index in [0.29, 0.717) is 22.6 Å². The maximum absolute atomic E-state index is 13.5. The Morgan fingerprint density at radius 3 is 2.40 bits per heavy atom. The summed E-state index contributed by atoms with van der Waals surface area (Å²) in [5.41, 5.74) is 2.65. The fourth-order valence-corrected chi connectivity index (χ4v) is 2.50. The van der Waals surface area contributed by atoms with E-state index in [2.05, 4.69) is 5.32 Å². The van der Waals surface area contributed by atoms with Crippen LogP contribution >= 0.6 is 23.2 Å². The fourth-order valence-electron chi connectivity index (χ4n) is 1.99. The van der Waals surface area contributed by atoms with Crippen molar-refractivity contribution < 1.29 is 4.39 Å². The lowest BCUT2D eigenvalue weighted by Gasteiger charge is -2.14. The highest BCUT2D eigenvalue weighted by atomic mass is 35.5. The molecule has 0 heterocycles. The van der Waals surface area contributed by atoms with E-state index in [0.717, 1.165) is 16.7 Å². The highest BCUT2D eigenvalue weighted by Gasteiger charge is 2.10. The number of nitrogens with one attached hydrogen (secondary N) is 1. The maximum Gasteiger partial charge on any atom is 0.123 e. The van der Waals surface area contributed by atoms with Gasteiger partial charge in [-0.15, -0.1) is 0 Å². The molecule has 0 saturated heterocycles. The molecule has 0 atom stereocenters. The summed E-state index contributed by atoms with van der Waals surface area (Å²) >= 11 is 12.2. The summed E-state index contributed by atoms with van der Waals surface area (Å²) < 4.78 is 13.5. The van der Waals surface area contributed by atoms with Crippen molar-refractivity contribution >= 4 is 23.2 Å². The minimum Gasteiger partial charge on any atom is -0.310 e. The lowest BCUT2D eigenvalue weighted by Crippen LogP contribution is -2.22. The average Bonchev–Trinajstić information content (AvgIpc) is 2.37. The molecule has 2 rings (SSSR count). The zero-order valence-corrected chi connectivity index (χ0v) is 12.9. The molecule has 20 heavy (non-hydrogen) atoms. The van der Waals surface area contributed by atoms with Crippen molar-refractivity contribution in [3.63, 3.8) is 0 Å². The van der Waals surface area contributed by atoms with Crippen LogP contribution in [0.25, 0.3) is 11.1 Å². The Kier molecular flexibility index (Phi) is 5.03. The highest BCUT2D eigenvalue weighted by Crippen LogP contribution is 2.32. The van der Waals surface area contributed by atoms with Gasteiger partial charge in [0.05, 0.1) is 0 Å². The molecular weight excluding hydrogens is 296 g/mol. The molecule has 1 N–H and O–H groups in total. The fraction of sp³-hybridized carbons (Fsp3) is 0.250. The first-order valence-electron chi connectivity index (χ1n) is 6.44. The predicted octanol–water partition coefficient (Wildman–Crippen LogP) is 5.30. The number of hydrogen-bond acceptors (Lipinski definition) is 1. The van der Waals surface area contributed by atoms with Gasteiger partial charge < -0.3 is 5.32 Å². The first kappa shape index (κ1) is 15.3. The van der Waals surface area contributed by atoms with Crippen molar-refractivity contribution in [1.82, 2.24) is 5.32 Å². The molecule has 0 aliphatic carbocycles. The molecule has 0 unspecified atom stereocenters. The molecule has 2 aromatic carbocycles. The molecule has 0 amide bonds. The normalized spacial score (nSPS) is 11.1.